The van der Waals surface area contributed by atoms with E-state index < -0.39 is 0 Å². The van der Waals surface area contributed by atoms with Gasteiger partial charge in [-0.3, -0.25) is 0 Å². The lowest BCUT2D eigenvalue weighted by Crippen LogP contribution is -2.41. The van der Waals surface area contributed by atoms with Gasteiger partial charge in [-0.05, 0) is 44.1 Å². The van der Waals surface area contributed by atoms with Crippen LogP contribution in [0.2, 0.25) is 0 Å². The molecule has 0 aromatic heterocycles. The number of aryl methyl sites for hydroxylation is 1. The monoisotopic (exact) mass is 248 g/mol. The molecule has 0 spiro atoms. The molecule has 0 aliphatic heterocycles. The van der Waals surface area contributed by atoms with Gasteiger partial charge in [0.25, 0.3) is 0 Å². The van der Waals surface area contributed by atoms with Gasteiger partial charge in [-0.2, -0.15) is 0 Å². The van der Waals surface area contributed by atoms with Crippen LogP contribution in [0.25, 0.3) is 0 Å². The van der Waals surface area contributed by atoms with E-state index in [1.165, 1.54) is 31.2 Å². The van der Waals surface area contributed by atoms with Gasteiger partial charge in [0.15, 0.2) is 5.11 Å². The zero-order valence-corrected chi connectivity index (χ0v) is 11.4. The average Bonchev–Trinajstić information content (AvgIpc) is 2.82. The minimum Gasteiger partial charge on any atom is -0.360 e. The highest BCUT2D eigenvalue weighted by Gasteiger charge is 2.17. The minimum absolute atomic E-state index is 0.579. The van der Waals surface area contributed by atoms with E-state index in [0.29, 0.717) is 6.04 Å². The lowest BCUT2D eigenvalue weighted by atomic mass is 10.2. The number of hydrogen-bond donors (Lipinski definition) is 1. The Morgan fingerprint density at radius 3 is 2.41 bits per heavy atom. The molecule has 1 fully saturated rings. The van der Waals surface area contributed by atoms with Gasteiger partial charge in [-0.25, -0.2) is 0 Å². The third-order valence-electron chi connectivity index (χ3n) is 3.41. The largest absolute Gasteiger partial charge is 0.360 e. The Morgan fingerprint density at radius 1 is 1.24 bits per heavy atom. The third kappa shape index (κ3) is 3.19. The first-order chi connectivity index (χ1) is 8.16. The molecule has 1 aromatic rings. The van der Waals surface area contributed by atoms with Crippen LogP contribution < -0.4 is 10.2 Å². The molecule has 0 saturated heterocycles. The fourth-order valence-corrected chi connectivity index (χ4v) is 2.50. The molecule has 0 heterocycles. The number of nitrogens with one attached hydrogen (secondary N) is 1. The van der Waals surface area contributed by atoms with Crippen LogP contribution in [-0.4, -0.2) is 18.2 Å². The van der Waals surface area contributed by atoms with Crippen molar-refractivity contribution in [2.24, 2.45) is 0 Å². The van der Waals surface area contributed by atoms with Crippen LogP contribution in [0.5, 0.6) is 0 Å². The summed E-state index contributed by atoms with van der Waals surface area (Å²) < 4.78 is 0. The molecule has 1 N–H and O–H groups in total. The molecule has 0 atom stereocenters. The first-order valence-electron chi connectivity index (χ1n) is 6.28. The molecule has 2 rings (SSSR count). The summed E-state index contributed by atoms with van der Waals surface area (Å²) in [6, 6.07) is 9.03. The molecule has 0 amide bonds. The number of benzene rings is 1. The Hall–Kier alpha value is -1.09. The highest BCUT2D eigenvalue weighted by Crippen LogP contribution is 2.19. The van der Waals surface area contributed by atoms with Crippen LogP contribution in [0.4, 0.5) is 5.69 Å². The van der Waals surface area contributed by atoms with E-state index in [9.17, 15) is 0 Å². The van der Waals surface area contributed by atoms with Crippen molar-refractivity contribution in [2.45, 2.75) is 38.6 Å². The molecule has 2 nitrogen and oxygen atoms in total. The lowest BCUT2D eigenvalue weighted by Gasteiger charge is -2.24. The molecular weight excluding hydrogens is 228 g/mol. The van der Waals surface area contributed by atoms with Crippen molar-refractivity contribution in [1.29, 1.82) is 0 Å². The summed E-state index contributed by atoms with van der Waals surface area (Å²) in [6.07, 6.45) is 5.16. The van der Waals surface area contributed by atoms with Crippen molar-refractivity contribution in [1.82, 2.24) is 5.32 Å². The fraction of sp³-hybridized carbons (Fsp3) is 0.500. The molecule has 1 aliphatic rings. The summed E-state index contributed by atoms with van der Waals surface area (Å²) in [5, 5.41) is 4.28. The van der Waals surface area contributed by atoms with Crippen LogP contribution in [0.3, 0.4) is 0 Å². The molecule has 1 aliphatic carbocycles. The van der Waals surface area contributed by atoms with E-state index in [1.807, 2.05) is 11.9 Å². The summed E-state index contributed by atoms with van der Waals surface area (Å²) in [5.74, 6) is 0. The second-order valence-corrected chi connectivity index (χ2v) is 5.21. The predicted molar refractivity (Wildman–Crippen MR) is 77.6 cm³/mol. The number of hydrogen-bond acceptors (Lipinski definition) is 1. The quantitative estimate of drug-likeness (QED) is 0.809. The summed E-state index contributed by atoms with van der Waals surface area (Å²) in [7, 11) is 2.02. The van der Waals surface area contributed by atoms with E-state index in [4.69, 9.17) is 12.2 Å². The van der Waals surface area contributed by atoms with E-state index >= 15 is 0 Å². The Balaban J connectivity index is 1.96. The maximum atomic E-state index is 5.44. The number of thiocarbonyl (C=S) groups is 1. The zero-order chi connectivity index (χ0) is 12.3. The third-order valence-corrected chi connectivity index (χ3v) is 3.80. The molecule has 1 aromatic carbocycles. The second kappa shape index (κ2) is 5.50. The van der Waals surface area contributed by atoms with Crippen molar-refractivity contribution in [3.63, 3.8) is 0 Å². The van der Waals surface area contributed by atoms with Crippen LogP contribution in [0.15, 0.2) is 24.3 Å². The molecule has 92 valence electrons. The molecule has 0 bridgehead atoms. The number of nitrogens with zero attached hydrogens (tertiary/aromatic N) is 1. The highest BCUT2D eigenvalue weighted by atomic mass is 32.1. The van der Waals surface area contributed by atoms with E-state index in [-0.39, 0.29) is 0 Å². The summed E-state index contributed by atoms with van der Waals surface area (Å²) in [5.41, 5.74) is 2.42. The maximum absolute atomic E-state index is 5.44. The molecule has 3 heteroatoms. The first kappa shape index (κ1) is 12.4. The van der Waals surface area contributed by atoms with Crippen molar-refractivity contribution in [2.75, 3.05) is 11.9 Å². The normalized spacial score (nSPS) is 15.9. The Labute approximate surface area is 109 Å². The smallest absolute Gasteiger partial charge is 0.173 e. The average molecular weight is 248 g/mol. The molecule has 0 radical (unpaired) electrons. The van der Waals surface area contributed by atoms with Gasteiger partial charge in [0.2, 0.25) is 0 Å². The van der Waals surface area contributed by atoms with Crippen LogP contribution in [0, 0.1) is 6.92 Å². The van der Waals surface area contributed by atoms with E-state index in [1.54, 1.807) is 0 Å². The first-order valence-corrected chi connectivity index (χ1v) is 6.68. The lowest BCUT2D eigenvalue weighted by molar-refractivity contribution is 0.630. The van der Waals surface area contributed by atoms with Crippen molar-refractivity contribution in [3.8, 4) is 0 Å². The Morgan fingerprint density at radius 2 is 1.82 bits per heavy atom. The van der Waals surface area contributed by atoms with E-state index in [2.05, 4.69) is 36.5 Å². The standard InChI is InChI=1S/C14H20N2S/c1-11-7-9-13(10-8-11)16(2)14(17)15-12-5-3-4-6-12/h7-10,12H,3-6H2,1-2H3,(H,15,17). The molecule has 17 heavy (non-hydrogen) atoms. The SMILES string of the molecule is Cc1ccc(N(C)C(=S)NC2CCCC2)cc1. The van der Waals surface area contributed by atoms with Crippen molar-refractivity contribution in [3.05, 3.63) is 29.8 Å². The molecule has 1 saturated carbocycles. The van der Waals surface area contributed by atoms with Crippen LogP contribution in [0.1, 0.15) is 31.2 Å². The van der Waals surface area contributed by atoms with Gasteiger partial charge in [-0.1, -0.05) is 30.5 Å². The van der Waals surface area contributed by atoms with Gasteiger partial charge in [0, 0.05) is 18.8 Å². The Bertz CT molecular complexity index is 380. The highest BCUT2D eigenvalue weighted by molar-refractivity contribution is 7.80. The minimum atomic E-state index is 0.579. The van der Waals surface area contributed by atoms with Crippen LogP contribution >= 0.6 is 12.2 Å². The van der Waals surface area contributed by atoms with Crippen molar-refractivity contribution >= 4 is 23.0 Å². The van der Waals surface area contributed by atoms with Gasteiger partial charge < -0.3 is 10.2 Å². The summed E-state index contributed by atoms with van der Waals surface area (Å²) in [6.45, 7) is 2.10. The van der Waals surface area contributed by atoms with Gasteiger partial charge >= 0.3 is 0 Å². The summed E-state index contributed by atoms with van der Waals surface area (Å²) >= 11 is 5.44. The van der Waals surface area contributed by atoms with E-state index in [0.717, 1.165) is 10.8 Å². The van der Waals surface area contributed by atoms with Crippen molar-refractivity contribution < 1.29 is 0 Å². The van der Waals surface area contributed by atoms with Gasteiger partial charge in [-0.15, -0.1) is 0 Å². The molecular formula is C14H20N2S. The topological polar surface area (TPSA) is 15.3 Å². The maximum Gasteiger partial charge on any atom is 0.173 e. The van der Waals surface area contributed by atoms with Gasteiger partial charge in [0.05, 0.1) is 0 Å². The Kier molecular flexibility index (Phi) is 4.00. The van der Waals surface area contributed by atoms with Gasteiger partial charge in [0.1, 0.15) is 0 Å². The number of anilines is 1. The molecule has 0 unspecified atom stereocenters. The van der Waals surface area contributed by atoms with Crippen LogP contribution in [-0.2, 0) is 0 Å². The second-order valence-electron chi connectivity index (χ2n) is 4.83. The zero-order valence-electron chi connectivity index (χ0n) is 10.6. The summed E-state index contributed by atoms with van der Waals surface area (Å²) in [4.78, 5) is 2.05. The predicted octanol–water partition coefficient (Wildman–Crippen LogP) is 3.25. The number of rotatable bonds is 2. The fourth-order valence-electron chi connectivity index (χ4n) is 2.23.